The van der Waals surface area contributed by atoms with Crippen LogP contribution < -0.4 is 0 Å². The Kier molecular flexibility index (Phi) is 4.12. The molecule has 4 nitrogen and oxygen atoms in total. The van der Waals surface area contributed by atoms with Crippen LogP contribution in [0.25, 0.3) is 22.3 Å². The van der Waals surface area contributed by atoms with Gasteiger partial charge in [-0.3, -0.25) is 9.59 Å². The van der Waals surface area contributed by atoms with Crippen LogP contribution >= 0.6 is 0 Å². The van der Waals surface area contributed by atoms with Crippen molar-refractivity contribution in [2.45, 2.75) is 0 Å². The molecule has 3 rings (SSSR count). The molecule has 0 aliphatic rings. The standard InChI is InChI=1S/C20H14O4/c21-11-17-7-5-15(9-19(17)23)13-1-2-14(4-3-13)16-6-8-18(12-22)20(24)10-16/h1-12,23-24H. The van der Waals surface area contributed by atoms with Gasteiger partial charge in [-0.25, -0.2) is 0 Å². The van der Waals surface area contributed by atoms with Gasteiger partial charge in [-0.1, -0.05) is 36.4 Å². The highest BCUT2D eigenvalue weighted by atomic mass is 16.3. The minimum absolute atomic E-state index is 0.0547. The maximum absolute atomic E-state index is 10.7. The van der Waals surface area contributed by atoms with Crippen molar-refractivity contribution in [1.82, 2.24) is 0 Å². The maximum Gasteiger partial charge on any atom is 0.153 e. The Labute approximate surface area is 138 Å². The summed E-state index contributed by atoms with van der Waals surface area (Å²) in [6.07, 6.45) is 1.22. The lowest BCUT2D eigenvalue weighted by Crippen LogP contribution is -1.85. The van der Waals surface area contributed by atoms with Gasteiger partial charge in [-0.2, -0.15) is 0 Å². The van der Waals surface area contributed by atoms with Crippen molar-refractivity contribution in [2.75, 3.05) is 0 Å². The Balaban J connectivity index is 1.93. The second-order valence-corrected chi connectivity index (χ2v) is 5.36. The lowest BCUT2D eigenvalue weighted by Gasteiger charge is -2.07. The van der Waals surface area contributed by atoms with E-state index in [0.717, 1.165) is 22.3 Å². The molecule has 0 bridgehead atoms. The highest BCUT2D eigenvalue weighted by Gasteiger charge is 2.06. The third kappa shape index (κ3) is 2.90. The zero-order valence-corrected chi connectivity index (χ0v) is 12.6. The van der Waals surface area contributed by atoms with Crippen molar-refractivity contribution in [2.24, 2.45) is 0 Å². The van der Waals surface area contributed by atoms with E-state index in [4.69, 9.17) is 0 Å². The van der Waals surface area contributed by atoms with Crippen molar-refractivity contribution < 1.29 is 19.8 Å². The molecule has 0 aromatic heterocycles. The molecular weight excluding hydrogens is 304 g/mol. The first-order chi connectivity index (χ1) is 11.6. The number of carbonyl (C=O) groups is 2. The molecule has 118 valence electrons. The molecule has 0 spiro atoms. The van der Waals surface area contributed by atoms with E-state index in [1.54, 1.807) is 36.4 Å². The topological polar surface area (TPSA) is 74.6 Å². The first-order valence-corrected chi connectivity index (χ1v) is 7.29. The SMILES string of the molecule is O=Cc1ccc(-c2ccc(-c3ccc(C=O)c(O)c3)cc2)cc1O. The van der Waals surface area contributed by atoms with Crippen molar-refractivity contribution in [3.63, 3.8) is 0 Å². The van der Waals surface area contributed by atoms with Crippen molar-refractivity contribution in [3.8, 4) is 33.8 Å². The molecule has 0 saturated carbocycles. The van der Waals surface area contributed by atoms with Gasteiger partial charge < -0.3 is 10.2 Å². The number of aromatic hydroxyl groups is 2. The highest BCUT2D eigenvalue weighted by Crippen LogP contribution is 2.30. The Morgan fingerprint density at radius 2 is 0.875 bits per heavy atom. The first-order valence-electron chi connectivity index (χ1n) is 7.29. The minimum atomic E-state index is -0.0547. The highest BCUT2D eigenvalue weighted by molar-refractivity contribution is 5.83. The fourth-order valence-electron chi connectivity index (χ4n) is 2.50. The van der Waals surface area contributed by atoms with Crippen LogP contribution in [-0.2, 0) is 0 Å². The van der Waals surface area contributed by atoms with Crippen LogP contribution in [0.1, 0.15) is 20.7 Å². The zero-order chi connectivity index (χ0) is 17.1. The summed E-state index contributed by atoms with van der Waals surface area (Å²) in [6.45, 7) is 0. The number of phenolic OH excluding ortho intramolecular Hbond substituents is 2. The molecule has 0 amide bonds. The van der Waals surface area contributed by atoms with Gasteiger partial charge in [-0.05, 0) is 46.5 Å². The van der Waals surface area contributed by atoms with E-state index in [1.807, 2.05) is 24.3 Å². The molecule has 24 heavy (non-hydrogen) atoms. The van der Waals surface area contributed by atoms with Gasteiger partial charge >= 0.3 is 0 Å². The number of phenols is 2. The molecule has 3 aromatic carbocycles. The number of rotatable bonds is 4. The summed E-state index contributed by atoms with van der Waals surface area (Å²) in [5.41, 5.74) is 3.87. The molecule has 0 atom stereocenters. The lowest BCUT2D eigenvalue weighted by atomic mass is 9.98. The van der Waals surface area contributed by atoms with Crippen LogP contribution in [-0.4, -0.2) is 22.8 Å². The van der Waals surface area contributed by atoms with Gasteiger partial charge in [0.25, 0.3) is 0 Å². The molecule has 0 saturated heterocycles. The Bertz CT molecular complexity index is 835. The zero-order valence-electron chi connectivity index (χ0n) is 12.6. The second kappa shape index (κ2) is 6.38. The summed E-state index contributed by atoms with van der Waals surface area (Å²) in [7, 11) is 0. The van der Waals surface area contributed by atoms with Crippen molar-refractivity contribution in [1.29, 1.82) is 0 Å². The van der Waals surface area contributed by atoms with E-state index < -0.39 is 0 Å². The summed E-state index contributed by atoms with van der Waals surface area (Å²) >= 11 is 0. The Morgan fingerprint density at radius 3 is 1.17 bits per heavy atom. The summed E-state index contributed by atoms with van der Waals surface area (Å²) < 4.78 is 0. The molecule has 0 fully saturated rings. The van der Waals surface area contributed by atoms with Crippen LogP contribution in [0.4, 0.5) is 0 Å². The quantitative estimate of drug-likeness (QED) is 0.711. The smallest absolute Gasteiger partial charge is 0.153 e. The van der Waals surface area contributed by atoms with Crippen molar-refractivity contribution in [3.05, 3.63) is 71.8 Å². The van der Waals surface area contributed by atoms with E-state index in [-0.39, 0.29) is 22.6 Å². The summed E-state index contributed by atoms with van der Waals surface area (Å²) in [4.78, 5) is 21.5. The number of hydrogen-bond donors (Lipinski definition) is 2. The molecule has 0 unspecified atom stereocenters. The monoisotopic (exact) mass is 318 g/mol. The summed E-state index contributed by atoms with van der Waals surface area (Å²) in [5, 5.41) is 19.6. The summed E-state index contributed by atoms with van der Waals surface area (Å²) in [6, 6.07) is 17.3. The lowest BCUT2D eigenvalue weighted by molar-refractivity contribution is 0.111. The minimum Gasteiger partial charge on any atom is -0.507 e. The van der Waals surface area contributed by atoms with Crippen molar-refractivity contribution >= 4 is 12.6 Å². The van der Waals surface area contributed by atoms with E-state index in [2.05, 4.69) is 0 Å². The van der Waals surface area contributed by atoms with Crippen LogP contribution in [0.5, 0.6) is 11.5 Å². The molecule has 0 heterocycles. The van der Waals surface area contributed by atoms with Crippen LogP contribution in [0.15, 0.2) is 60.7 Å². The largest absolute Gasteiger partial charge is 0.507 e. The van der Waals surface area contributed by atoms with Gasteiger partial charge in [0, 0.05) is 0 Å². The van der Waals surface area contributed by atoms with Crippen LogP contribution in [0.3, 0.4) is 0 Å². The number of benzene rings is 3. The predicted octanol–water partition coefficient (Wildman–Crippen LogP) is 4.06. The Morgan fingerprint density at radius 1 is 0.542 bits per heavy atom. The van der Waals surface area contributed by atoms with Crippen LogP contribution in [0.2, 0.25) is 0 Å². The molecule has 3 aromatic rings. The number of aldehydes is 2. The third-order valence-electron chi connectivity index (χ3n) is 3.87. The molecule has 2 N–H and O–H groups in total. The predicted molar refractivity (Wildman–Crippen MR) is 91.4 cm³/mol. The number of carbonyl (C=O) groups excluding carboxylic acids is 2. The van der Waals surface area contributed by atoms with E-state index >= 15 is 0 Å². The Hall–Kier alpha value is -3.40. The fraction of sp³-hybridized carbons (Fsp3) is 0. The van der Waals surface area contributed by atoms with Gasteiger partial charge in [0.1, 0.15) is 11.5 Å². The van der Waals surface area contributed by atoms with E-state index in [0.29, 0.717) is 12.6 Å². The molecule has 0 aliphatic carbocycles. The van der Waals surface area contributed by atoms with Gasteiger partial charge in [0.2, 0.25) is 0 Å². The normalized spacial score (nSPS) is 10.3. The fourth-order valence-corrected chi connectivity index (χ4v) is 2.50. The summed E-state index contributed by atoms with van der Waals surface area (Å²) in [5.74, 6) is -0.109. The maximum atomic E-state index is 10.7. The molecule has 0 radical (unpaired) electrons. The molecule has 4 heteroatoms. The van der Waals surface area contributed by atoms with Gasteiger partial charge in [0.05, 0.1) is 11.1 Å². The second-order valence-electron chi connectivity index (χ2n) is 5.36. The molecule has 0 aliphatic heterocycles. The average Bonchev–Trinajstić information content (AvgIpc) is 2.61. The van der Waals surface area contributed by atoms with Crippen LogP contribution in [0, 0.1) is 0 Å². The molecular formula is C20H14O4. The average molecular weight is 318 g/mol. The number of hydrogen-bond acceptors (Lipinski definition) is 4. The van der Waals surface area contributed by atoms with Gasteiger partial charge in [0.15, 0.2) is 12.6 Å². The van der Waals surface area contributed by atoms with E-state index in [1.165, 1.54) is 0 Å². The first kappa shape index (κ1) is 15.5. The van der Waals surface area contributed by atoms with Gasteiger partial charge in [-0.15, -0.1) is 0 Å². The van der Waals surface area contributed by atoms with E-state index in [9.17, 15) is 19.8 Å². The third-order valence-corrected chi connectivity index (χ3v) is 3.87.